The summed E-state index contributed by atoms with van der Waals surface area (Å²) in [5, 5.41) is 22.8. The molecule has 0 aromatic rings. The van der Waals surface area contributed by atoms with Crippen LogP contribution in [0, 0.1) is 0 Å². The number of aliphatic hydroxyl groups is 2. The Morgan fingerprint density at radius 1 is 0.676 bits per heavy atom. The molecule has 0 aliphatic heterocycles. The van der Waals surface area contributed by atoms with Crippen LogP contribution in [-0.4, -0.2) is 34.9 Å². The average molecular weight is 482 g/mol. The van der Waals surface area contributed by atoms with E-state index < -0.39 is 12.1 Å². The number of hydrogen-bond acceptors (Lipinski definition) is 3. The van der Waals surface area contributed by atoms with E-state index >= 15 is 0 Å². The van der Waals surface area contributed by atoms with E-state index in [1.54, 1.807) is 0 Å². The molecule has 4 nitrogen and oxygen atoms in total. The molecule has 0 aromatic heterocycles. The summed E-state index contributed by atoms with van der Waals surface area (Å²) in [4.78, 5) is 12.2. The maximum Gasteiger partial charge on any atom is 0.220 e. The van der Waals surface area contributed by atoms with Gasteiger partial charge in [0, 0.05) is 6.42 Å². The Kier molecular flexibility index (Phi) is 26.0. The Balaban J connectivity index is 3.64. The van der Waals surface area contributed by atoms with Crippen molar-refractivity contribution in [2.75, 3.05) is 6.61 Å². The molecule has 3 N–H and O–H groups in total. The number of hydrogen-bond donors (Lipinski definition) is 3. The van der Waals surface area contributed by atoms with Crippen molar-refractivity contribution in [3.05, 3.63) is 12.2 Å². The van der Waals surface area contributed by atoms with Crippen LogP contribution in [-0.2, 0) is 4.79 Å². The zero-order valence-corrected chi connectivity index (χ0v) is 22.9. The maximum atomic E-state index is 12.2. The monoisotopic (exact) mass is 481 g/mol. The van der Waals surface area contributed by atoms with Crippen LogP contribution in [0.4, 0.5) is 0 Å². The van der Waals surface area contributed by atoms with E-state index in [2.05, 4.69) is 31.3 Å². The molecule has 0 fully saturated rings. The highest BCUT2D eigenvalue weighted by atomic mass is 16.3. The van der Waals surface area contributed by atoms with Gasteiger partial charge in [-0.1, -0.05) is 129 Å². The van der Waals surface area contributed by atoms with E-state index in [0.29, 0.717) is 12.8 Å². The van der Waals surface area contributed by atoms with Gasteiger partial charge >= 0.3 is 0 Å². The molecule has 202 valence electrons. The number of carbonyl (C=O) groups is 1. The minimum absolute atomic E-state index is 0.0696. The Bertz CT molecular complexity index is 452. The smallest absolute Gasteiger partial charge is 0.220 e. The Morgan fingerprint density at radius 3 is 1.62 bits per heavy atom. The van der Waals surface area contributed by atoms with Crippen LogP contribution in [0.2, 0.25) is 0 Å². The van der Waals surface area contributed by atoms with Crippen LogP contribution in [0.1, 0.15) is 155 Å². The lowest BCUT2D eigenvalue weighted by Gasteiger charge is -2.22. The Hall–Kier alpha value is -0.870. The molecule has 0 saturated heterocycles. The number of aliphatic hydroxyl groups excluding tert-OH is 2. The van der Waals surface area contributed by atoms with Crippen molar-refractivity contribution < 1.29 is 15.0 Å². The van der Waals surface area contributed by atoms with Gasteiger partial charge in [-0.05, 0) is 32.1 Å². The summed E-state index contributed by atoms with van der Waals surface area (Å²) >= 11 is 0. The third-order valence-corrected chi connectivity index (χ3v) is 6.78. The fourth-order valence-corrected chi connectivity index (χ4v) is 4.42. The second kappa shape index (κ2) is 26.7. The Morgan fingerprint density at radius 2 is 1.12 bits per heavy atom. The highest BCUT2D eigenvalue weighted by molar-refractivity contribution is 5.76. The predicted molar refractivity (Wildman–Crippen MR) is 147 cm³/mol. The second-order valence-electron chi connectivity index (χ2n) is 10.2. The summed E-state index contributed by atoms with van der Waals surface area (Å²) in [7, 11) is 0. The molecule has 34 heavy (non-hydrogen) atoms. The van der Waals surface area contributed by atoms with Crippen LogP contribution in [0.25, 0.3) is 0 Å². The van der Waals surface area contributed by atoms with Crippen LogP contribution < -0.4 is 5.32 Å². The van der Waals surface area contributed by atoms with Gasteiger partial charge in [-0.15, -0.1) is 0 Å². The molecular formula is C30H59NO3. The SMILES string of the molecule is CCCCCC/C=C\CCCC(=O)NC(CO)C(O)CCCCCCCCCCCCCCC. The molecule has 0 bridgehead atoms. The zero-order valence-electron chi connectivity index (χ0n) is 22.9. The Labute approximate surface area is 212 Å². The van der Waals surface area contributed by atoms with Crippen LogP contribution >= 0.6 is 0 Å². The molecule has 0 aromatic carbocycles. The van der Waals surface area contributed by atoms with Crippen molar-refractivity contribution in [1.29, 1.82) is 0 Å². The van der Waals surface area contributed by atoms with Crippen molar-refractivity contribution in [2.45, 2.75) is 167 Å². The lowest BCUT2D eigenvalue weighted by molar-refractivity contribution is -0.123. The summed E-state index contributed by atoms with van der Waals surface area (Å²) in [6.07, 6.45) is 29.7. The number of nitrogens with one attached hydrogen (secondary N) is 1. The minimum atomic E-state index is -0.662. The molecule has 0 rings (SSSR count). The quantitative estimate of drug-likeness (QED) is 0.0865. The van der Waals surface area contributed by atoms with E-state index in [-0.39, 0.29) is 12.5 Å². The first-order valence-electron chi connectivity index (χ1n) is 14.9. The second-order valence-corrected chi connectivity index (χ2v) is 10.2. The summed E-state index contributed by atoms with van der Waals surface area (Å²) in [6.45, 7) is 4.28. The van der Waals surface area contributed by atoms with Crippen molar-refractivity contribution in [1.82, 2.24) is 5.32 Å². The highest BCUT2D eigenvalue weighted by Gasteiger charge is 2.19. The van der Waals surface area contributed by atoms with E-state index in [4.69, 9.17) is 0 Å². The molecule has 2 unspecified atom stereocenters. The minimum Gasteiger partial charge on any atom is -0.394 e. The van der Waals surface area contributed by atoms with Gasteiger partial charge in [-0.2, -0.15) is 0 Å². The van der Waals surface area contributed by atoms with Crippen LogP contribution in [0.5, 0.6) is 0 Å². The number of rotatable bonds is 26. The zero-order chi connectivity index (χ0) is 25.1. The van der Waals surface area contributed by atoms with E-state index in [0.717, 1.165) is 32.1 Å². The van der Waals surface area contributed by atoms with Crippen molar-refractivity contribution in [3.63, 3.8) is 0 Å². The van der Waals surface area contributed by atoms with Gasteiger partial charge in [-0.3, -0.25) is 4.79 Å². The van der Waals surface area contributed by atoms with Gasteiger partial charge in [0.15, 0.2) is 0 Å². The van der Waals surface area contributed by atoms with Gasteiger partial charge in [0.2, 0.25) is 5.91 Å². The van der Waals surface area contributed by atoms with Crippen molar-refractivity contribution >= 4 is 5.91 Å². The lowest BCUT2D eigenvalue weighted by atomic mass is 10.0. The molecular weight excluding hydrogens is 422 g/mol. The maximum absolute atomic E-state index is 12.2. The van der Waals surface area contributed by atoms with Gasteiger partial charge in [0.1, 0.15) is 0 Å². The van der Waals surface area contributed by atoms with Crippen LogP contribution in [0.15, 0.2) is 12.2 Å². The van der Waals surface area contributed by atoms with E-state index in [9.17, 15) is 15.0 Å². The molecule has 0 heterocycles. The molecule has 0 saturated carbocycles. The molecule has 2 atom stereocenters. The van der Waals surface area contributed by atoms with Crippen molar-refractivity contribution in [2.24, 2.45) is 0 Å². The number of carbonyl (C=O) groups excluding carboxylic acids is 1. The molecule has 4 heteroatoms. The van der Waals surface area contributed by atoms with Gasteiger partial charge in [0.25, 0.3) is 0 Å². The topological polar surface area (TPSA) is 69.6 Å². The van der Waals surface area contributed by atoms with Gasteiger partial charge in [-0.25, -0.2) is 0 Å². The molecule has 0 radical (unpaired) electrons. The highest BCUT2D eigenvalue weighted by Crippen LogP contribution is 2.14. The van der Waals surface area contributed by atoms with Gasteiger partial charge < -0.3 is 15.5 Å². The predicted octanol–water partition coefficient (Wildman–Crippen LogP) is 8.00. The average Bonchev–Trinajstić information content (AvgIpc) is 2.84. The fourth-order valence-electron chi connectivity index (χ4n) is 4.42. The molecule has 1 amide bonds. The van der Waals surface area contributed by atoms with E-state index in [1.165, 1.54) is 96.3 Å². The third kappa shape index (κ3) is 22.9. The normalized spacial score (nSPS) is 13.4. The summed E-state index contributed by atoms with van der Waals surface area (Å²) in [5.41, 5.74) is 0. The largest absolute Gasteiger partial charge is 0.394 e. The fraction of sp³-hybridized carbons (Fsp3) is 0.900. The first kappa shape index (κ1) is 33.1. The first-order valence-corrected chi connectivity index (χ1v) is 14.9. The first-order chi connectivity index (χ1) is 16.7. The molecule has 0 spiro atoms. The molecule has 0 aliphatic rings. The summed E-state index contributed by atoms with van der Waals surface area (Å²) in [6, 6.07) is -0.543. The number of unbranched alkanes of at least 4 members (excludes halogenated alkanes) is 17. The van der Waals surface area contributed by atoms with Crippen LogP contribution in [0.3, 0.4) is 0 Å². The number of allylic oxidation sites excluding steroid dienone is 2. The van der Waals surface area contributed by atoms with E-state index in [1.807, 2.05) is 0 Å². The summed E-state index contributed by atoms with van der Waals surface area (Å²) in [5.74, 6) is -0.0696. The van der Waals surface area contributed by atoms with Gasteiger partial charge in [0.05, 0.1) is 18.8 Å². The summed E-state index contributed by atoms with van der Waals surface area (Å²) < 4.78 is 0. The lowest BCUT2D eigenvalue weighted by Crippen LogP contribution is -2.45. The van der Waals surface area contributed by atoms with Crippen molar-refractivity contribution in [3.8, 4) is 0 Å². The molecule has 0 aliphatic carbocycles. The number of amides is 1. The standard InChI is InChI=1S/C30H59NO3/c1-3-5-7-9-11-13-14-15-16-18-19-21-23-25-29(33)28(27-32)31-30(34)26-24-22-20-17-12-10-8-6-4-2/h17,20,28-29,32-33H,3-16,18-19,21-27H2,1-2H3,(H,31,34)/b20-17-. The third-order valence-electron chi connectivity index (χ3n) is 6.78.